The topological polar surface area (TPSA) is 102 Å². The van der Waals surface area contributed by atoms with E-state index in [9.17, 15) is 18.3 Å². The van der Waals surface area contributed by atoms with E-state index in [1.54, 1.807) is 13.0 Å². The third kappa shape index (κ3) is 2.69. The lowest BCUT2D eigenvalue weighted by molar-refractivity contribution is 0.199. The highest BCUT2D eigenvalue weighted by atomic mass is 32.3. The van der Waals surface area contributed by atoms with Gasteiger partial charge in [-0.2, -0.15) is 10.6 Å². The predicted molar refractivity (Wildman–Crippen MR) is 84.1 cm³/mol. The van der Waals surface area contributed by atoms with Crippen molar-refractivity contribution in [2.75, 3.05) is 5.75 Å². The van der Waals surface area contributed by atoms with Crippen molar-refractivity contribution in [2.24, 2.45) is 4.99 Å². The number of rotatable bonds is 1. The fraction of sp³-hybridized carbons (Fsp3) is 0.429. The number of benzene rings is 1. The second-order valence-electron chi connectivity index (χ2n) is 5.97. The molecule has 1 heterocycles. The van der Waals surface area contributed by atoms with Gasteiger partial charge in [0.1, 0.15) is 21.9 Å². The van der Waals surface area contributed by atoms with Crippen LogP contribution >= 0.6 is 10.6 Å². The molecule has 0 spiro atoms. The summed E-state index contributed by atoms with van der Waals surface area (Å²) >= 11 is 0. The van der Waals surface area contributed by atoms with E-state index in [2.05, 4.69) is 10.3 Å². The van der Waals surface area contributed by atoms with Crippen molar-refractivity contribution in [3.05, 3.63) is 35.6 Å². The highest BCUT2D eigenvalue weighted by molar-refractivity contribution is 8.26. The van der Waals surface area contributed by atoms with Gasteiger partial charge in [-0.3, -0.25) is 19.4 Å². The lowest BCUT2D eigenvalue weighted by atomic mass is 9.93. The number of carbonyl (C=O) groups is 1. The standard InChI is InChI=1S/C14H19FN2O4S/c1-13(2)11(16-12(18)19)17-14(3,8-22(13,20)21)9-6-4-5-7-10(9)15/h4-7,20-21H,8H2,1-3H3,(H,16,17)(H,18,19). The number of hydrogen-bond acceptors (Lipinski definition) is 4. The lowest BCUT2D eigenvalue weighted by Gasteiger charge is -2.53. The third-order valence-corrected chi connectivity index (χ3v) is 6.70. The Hall–Kier alpha value is -1.64. The zero-order valence-electron chi connectivity index (χ0n) is 12.5. The molecule has 8 heteroatoms. The summed E-state index contributed by atoms with van der Waals surface area (Å²) in [7, 11) is -3.25. The Morgan fingerprint density at radius 2 is 1.91 bits per heavy atom. The molecule has 0 bridgehead atoms. The highest BCUT2D eigenvalue weighted by Crippen LogP contribution is 2.59. The van der Waals surface area contributed by atoms with Crippen LogP contribution in [0.4, 0.5) is 9.18 Å². The summed E-state index contributed by atoms with van der Waals surface area (Å²) in [6.07, 6.45) is -1.36. The Bertz CT molecular complexity index is 647. The number of nitrogens with one attached hydrogen (secondary N) is 1. The molecule has 6 nitrogen and oxygen atoms in total. The molecule has 0 aliphatic carbocycles. The number of amidine groups is 1. The minimum absolute atomic E-state index is 0.0861. The smallest absolute Gasteiger partial charge is 0.410 e. The van der Waals surface area contributed by atoms with Gasteiger partial charge in [0, 0.05) is 5.56 Å². The van der Waals surface area contributed by atoms with E-state index in [-0.39, 0.29) is 17.2 Å². The van der Waals surface area contributed by atoms with Crippen molar-refractivity contribution in [2.45, 2.75) is 31.1 Å². The van der Waals surface area contributed by atoms with E-state index in [0.29, 0.717) is 0 Å². The van der Waals surface area contributed by atoms with Gasteiger partial charge >= 0.3 is 6.09 Å². The lowest BCUT2D eigenvalue weighted by Crippen LogP contribution is -2.55. The molecule has 1 aromatic carbocycles. The quantitative estimate of drug-likeness (QED) is 0.635. The van der Waals surface area contributed by atoms with Gasteiger partial charge in [-0.25, -0.2) is 9.18 Å². The van der Waals surface area contributed by atoms with Crippen LogP contribution in [-0.4, -0.2) is 36.6 Å². The molecule has 122 valence electrons. The Kier molecular flexibility index (Phi) is 3.97. The number of amides is 1. The average molecular weight is 330 g/mol. The fourth-order valence-electron chi connectivity index (χ4n) is 2.46. The summed E-state index contributed by atoms with van der Waals surface area (Å²) in [4.78, 5) is 15.3. The van der Waals surface area contributed by atoms with E-state index in [1.165, 1.54) is 32.0 Å². The van der Waals surface area contributed by atoms with E-state index in [1.807, 2.05) is 0 Å². The summed E-state index contributed by atoms with van der Waals surface area (Å²) in [5, 5.41) is 11.1. The van der Waals surface area contributed by atoms with Crippen LogP contribution in [0.15, 0.2) is 29.3 Å². The van der Waals surface area contributed by atoms with Crippen LogP contribution in [-0.2, 0) is 5.54 Å². The highest BCUT2D eigenvalue weighted by Gasteiger charge is 2.50. The molecule has 4 N–H and O–H groups in total. The minimum atomic E-state index is -3.25. The summed E-state index contributed by atoms with van der Waals surface area (Å²) in [6, 6.07) is 5.90. The average Bonchev–Trinajstić information content (AvgIpc) is 2.35. The van der Waals surface area contributed by atoms with E-state index < -0.39 is 32.8 Å². The molecule has 2 rings (SSSR count). The molecule has 1 atom stereocenters. The Morgan fingerprint density at radius 1 is 1.32 bits per heavy atom. The maximum absolute atomic E-state index is 14.1. The maximum Gasteiger partial charge on any atom is 0.410 e. The van der Waals surface area contributed by atoms with Crippen molar-refractivity contribution in [1.29, 1.82) is 0 Å². The Balaban J connectivity index is 2.62. The summed E-state index contributed by atoms with van der Waals surface area (Å²) in [5.41, 5.74) is -1.08. The molecule has 1 aliphatic rings. The molecule has 0 saturated carbocycles. The van der Waals surface area contributed by atoms with Crippen LogP contribution in [0.25, 0.3) is 0 Å². The molecule has 1 aromatic rings. The van der Waals surface area contributed by atoms with Gasteiger partial charge in [0.2, 0.25) is 0 Å². The molecule has 0 saturated heterocycles. The zero-order valence-corrected chi connectivity index (χ0v) is 13.3. The van der Waals surface area contributed by atoms with Crippen LogP contribution in [0, 0.1) is 5.82 Å². The molecule has 1 amide bonds. The minimum Gasteiger partial charge on any atom is -0.465 e. The van der Waals surface area contributed by atoms with E-state index >= 15 is 0 Å². The van der Waals surface area contributed by atoms with Crippen molar-refractivity contribution in [1.82, 2.24) is 5.32 Å². The maximum atomic E-state index is 14.1. The Labute approximate surface area is 129 Å². The van der Waals surface area contributed by atoms with Gasteiger partial charge in [-0.05, 0) is 26.8 Å². The van der Waals surface area contributed by atoms with E-state index in [0.717, 1.165) is 0 Å². The van der Waals surface area contributed by atoms with E-state index in [4.69, 9.17) is 5.11 Å². The molecule has 0 aromatic heterocycles. The molecule has 1 unspecified atom stereocenters. The molecular weight excluding hydrogens is 311 g/mol. The van der Waals surface area contributed by atoms with Crippen LogP contribution in [0.5, 0.6) is 0 Å². The van der Waals surface area contributed by atoms with Crippen LogP contribution in [0.2, 0.25) is 0 Å². The first-order valence-electron chi connectivity index (χ1n) is 6.60. The first kappa shape index (κ1) is 16.7. The van der Waals surface area contributed by atoms with Gasteiger partial charge < -0.3 is 5.11 Å². The van der Waals surface area contributed by atoms with Crippen LogP contribution in [0.1, 0.15) is 26.3 Å². The largest absolute Gasteiger partial charge is 0.465 e. The molecular formula is C14H19FN2O4S. The predicted octanol–water partition coefficient (Wildman–Crippen LogP) is 3.25. The van der Waals surface area contributed by atoms with Gasteiger partial charge in [-0.15, -0.1) is 0 Å². The molecule has 22 heavy (non-hydrogen) atoms. The van der Waals surface area contributed by atoms with Crippen LogP contribution < -0.4 is 5.32 Å². The van der Waals surface area contributed by atoms with Gasteiger partial charge in [0.05, 0.1) is 5.75 Å². The SMILES string of the molecule is CC1(c2ccccc2F)CS(O)(O)C(C)(C)C(NC(=O)O)=N1. The number of hydrogen-bond donors (Lipinski definition) is 4. The van der Waals surface area contributed by atoms with Gasteiger partial charge in [0.15, 0.2) is 0 Å². The van der Waals surface area contributed by atoms with Crippen molar-refractivity contribution < 1.29 is 23.4 Å². The number of nitrogens with zero attached hydrogens (tertiary/aromatic N) is 1. The molecule has 0 radical (unpaired) electrons. The zero-order chi connectivity index (χ0) is 16.8. The van der Waals surface area contributed by atoms with Crippen molar-refractivity contribution in [3.63, 3.8) is 0 Å². The fourth-order valence-corrected chi connectivity index (χ4v) is 4.23. The number of aliphatic imine (C=N–C) groups is 1. The Morgan fingerprint density at radius 3 is 2.45 bits per heavy atom. The van der Waals surface area contributed by atoms with Gasteiger partial charge in [0.25, 0.3) is 0 Å². The number of halogens is 1. The monoisotopic (exact) mass is 330 g/mol. The summed E-state index contributed by atoms with van der Waals surface area (Å²) in [5.74, 6) is -0.797. The van der Waals surface area contributed by atoms with Crippen molar-refractivity contribution in [3.8, 4) is 0 Å². The summed E-state index contributed by atoms with van der Waals surface area (Å²) < 4.78 is 33.8. The first-order chi connectivity index (χ1) is 9.99. The number of carboxylic acid groups (broad SMARTS) is 1. The summed E-state index contributed by atoms with van der Waals surface area (Å²) in [6.45, 7) is 4.55. The van der Waals surface area contributed by atoms with Crippen molar-refractivity contribution >= 4 is 22.5 Å². The molecule has 0 fully saturated rings. The second-order valence-corrected chi connectivity index (χ2v) is 8.61. The second kappa shape index (κ2) is 5.22. The van der Waals surface area contributed by atoms with Crippen LogP contribution in [0.3, 0.4) is 0 Å². The third-order valence-electron chi connectivity index (χ3n) is 3.91. The van der Waals surface area contributed by atoms with Gasteiger partial charge in [-0.1, -0.05) is 18.2 Å². The molecule has 1 aliphatic heterocycles. The normalized spacial score (nSPS) is 27.6. The first-order valence-corrected chi connectivity index (χ1v) is 8.32.